The van der Waals surface area contributed by atoms with Crippen LogP contribution in [0.4, 0.5) is 0 Å². The molecule has 2 atom stereocenters. The van der Waals surface area contributed by atoms with Crippen LogP contribution in [0.15, 0.2) is 0 Å². The first-order chi connectivity index (χ1) is 5.96. The van der Waals surface area contributed by atoms with Gasteiger partial charge in [0.25, 0.3) is 0 Å². The fourth-order valence-corrected chi connectivity index (χ4v) is 4.76. The van der Waals surface area contributed by atoms with Crippen molar-refractivity contribution in [2.45, 2.75) is 40.0 Å². The normalized spacial score (nSPS) is 34.7. The molecule has 0 aromatic carbocycles. The van der Waals surface area contributed by atoms with Crippen molar-refractivity contribution in [3.8, 4) is 0 Å². The van der Waals surface area contributed by atoms with E-state index in [0.717, 1.165) is 19.3 Å². The standard InChI is InChI=1S/C10H20O2S/c1-4-9(3)10(5-2)6-7-13(11,12)8-10/h9H,4-8H2,1-3H3. The van der Waals surface area contributed by atoms with Gasteiger partial charge >= 0.3 is 0 Å². The lowest BCUT2D eigenvalue weighted by molar-refractivity contribution is 0.196. The largest absolute Gasteiger partial charge is 0.229 e. The molecule has 0 aromatic rings. The van der Waals surface area contributed by atoms with Crippen molar-refractivity contribution in [2.24, 2.45) is 11.3 Å². The smallest absolute Gasteiger partial charge is 0.150 e. The molecule has 0 saturated carbocycles. The van der Waals surface area contributed by atoms with E-state index in [1.807, 2.05) is 0 Å². The van der Waals surface area contributed by atoms with E-state index in [1.54, 1.807) is 0 Å². The summed E-state index contributed by atoms with van der Waals surface area (Å²) in [5, 5.41) is 0. The van der Waals surface area contributed by atoms with Gasteiger partial charge < -0.3 is 0 Å². The predicted octanol–water partition coefficient (Wildman–Crippen LogP) is 2.25. The van der Waals surface area contributed by atoms with Crippen molar-refractivity contribution in [2.75, 3.05) is 11.5 Å². The fraction of sp³-hybridized carbons (Fsp3) is 1.00. The minimum absolute atomic E-state index is 0.0909. The Bertz CT molecular complexity index is 269. The summed E-state index contributed by atoms with van der Waals surface area (Å²) >= 11 is 0. The Balaban J connectivity index is 2.86. The molecule has 2 unspecified atom stereocenters. The van der Waals surface area contributed by atoms with Gasteiger partial charge in [-0.15, -0.1) is 0 Å². The minimum atomic E-state index is -2.72. The van der Waals surface area contributed by atoms with Gasteiger partial charge in [-0.25, -0.2) is 8.42 Å². The highest BCUT2D eigenvalue weighted by Gasteiger charge is 2.43. The monoisotopic (exact) mass is 204 g/mol. The maximum absolute atomic E-state index is 11.4. The van der Waals surface area contributed by atoms with Crippen LogP contribution in [-0.4, -0.2) is 19.9 Å². The highest BCUT2D eigenvalue weighted by atomic mass is 32.2. The fourth-order valence-electron chi connectivity index (χ4n) is 2.39. The molecule has 0 aliphatic carbocycles. The molecule has 0 N–H and O–H groups in total. The van der Waals surface area contributed by atoms with E-state index < -0.39 is 9.84 Å². The van der Waals surface area contributed by atoms with E-state index in [9.17, 15) is 8.42 Å². The molecule has 0 aromatic heterocycles. The maximum Gasteiger partial charge on any atom is 0.150 e. The van der Waals surface area contributed by atoms with Crippen LogP contribution in [0.2, 0.25) is 0 Å². The van der Waals surface area contributed by atoms with Gasteiger partial charge in [0.2, 0.25) is 0 Å². The first-order valence-electron chi connectivity index (χ1n) is 5.16. The lowest BCUT2D eigenvalue weighted by Crippen LogP contribution is -2.29. The summed E-state index contributed by atoms with van der Waals surface area (Å²) in [5.74, 6) is 1.37. The van der Waals surface area contributed by atoms with Crippen molar-refractivity contribution in [3.63, 3.8) is 0 Å². The van der Waals surface area contributed by atoms with Crippen LogP contribution in [0.25, 0.3) is 0 Å². The number of hydrogen-bond donors (Lipinski definition) is 0. The zero-order chi connectivity index (χ0) is 10.1. The summed E-state index contributed by atoms with van der Waals surface area (Å²) < 4.78 is 22.9. The van der Waals surface area contributed by atoms with Gasteiger partial charge in [-0.05, 0) is 24.2 Å². The lowest BCUT2D eigenvalue weighted by atomic mass is 9.73. The third-order valence-electron chi connectivity index (χ3n) is 3.78. The van der Waals surface area contributed by atoms with Gasteiger partial charge in [0.1, 0.15) is 0 Å². The second-order valence-electron chi connectivity index (χ2n) is 4.37. The topological polar surface area (TPSA) is 34.1 Å². The molecule has 1 aliphatic heterocycles. The van der Waals surface area contributed by atoms with Crippen molar-refractivity contribution in [1.82, 2.24) is 0 Å². The number of rotatable bonds is 3. The number of hydrogen-bond acceptors (Lipinski definition) is 2. The molecule has 1 fully saturated rings. The van der Waals surface area contributed by atoms with E-state index >= 15 is 0 Å². The van der Waals surface area contributed by atoms with Crippen LogP contribution >= 0.6 is 0 Å². The Morgan fingerprint density at radius 2 is 2.00 bits per heavy atom. The Hall–Kier alpha value is -0.0500. The highest BCUT2D eigenvalue weighted by Crippen LogP contribution is 2.43. The summed E-state index contributed by atoms with van der Waals surface area (Å²) in [6, 6.07) is 0. The zero-order valence-electron chi connectivity index (χ0n) is 8.84. The molecule has 1 saturated heterocycles. The van der Waals surface area contributed by atoms with Gasteiger partial charge in [-0.2, -0.15) is 0 Å². The maximum atomic E-state index is 11.4. The second-order valence-corrected chi connectivity index (χ2v) is 6.55. The van der Waals surface area contributed by atoms with Gasteiger partial charge in [0, 0.05) is 0 Å². The molecular weight excluding hydrogens is 184 g/mol. The highest BCUT2D eigenvalue weighted by molar-refractivity contribution is 7.91. The van der Waals surface area contributed by atoms with Gasteiger partial charge in [0.15, 0.2) is 9.84 Å². The molecule has 1 aliphatic rings. The average Bonchev–Trinajstić information content (AvgIpc) is 2.41. The Labute approximate surface area is 81.6 Å². The molecule has 0 amide bonds. The van der Waals surface area contributed by atoms with E-state index in [4.69, 9.17) is 0 Å². The Kier molecular flexibility index (Phi) is 3.05. The molecule has 2 nitrogen and oxygen atoms in total. The first-order valence-corrected chi connectivity index (χ1v) is 6.98. The third kappa shape index (κ3) is 2.06. The van der Waals surface area contributed by atoms with Crippen LogP contribution in [0.1, 0.15) is 40.0 Å². The van der Waals surface area contributed by atoms with Gasteiger partial charge in [-0.1, -0.05) is 27.2 Å². The quantitative estimate of drug-likeness (QED) is 0.706. The molecule has 78 valence electrons. The summed E-state index contributed by atoms with van der Waals surface area (Å²) in [6.07, 6.45) is 2.96. The lowest BCUT2D eigenvalue weighted by Gasteiger charge is -2.32. The van der Waals surface area contributed by atoms with E-state index in [2.05, 4.69) is 20.8 Å². The van der Waals surface area contributed by atoms with Crippen LogP contribution in [-0.2, 0) is 9.84 Å². The summed E-state index contributed by atoms with van der Waals surface area (Å²) in [6.45, 7) is 6.45. The van der Waals surface area contributed by atoms with Crippen molar-refractivity contribution in [1.29, 1.82) is 0 Å². The third-order valence-corrected chi connectivity index (χ3v) is 5.62. The molecule has 0 bridgehead atoms. The minimum Gasteiger partial charge on any atom is -0.229 e. The molecule has 13 heavy (non-hydrogen) atoms. The second kappa shape index (κ2) is 3.60. The predicted molar refractivity (Wildman–Crippen MR) is 55.4 cm³/mol. The molecule has 3 heteroatoms. The van der Waals surface area contributed by atoms with Crippen LogP contribution in [0.5, 0.6) is 0 Å². The Morgan fingerprint density at radius 1 is 1.38 bits per heavy atom. The molecule has 0 spiro atoms. The van der Waals surface area contributed by atoms with E-state index in [-0.39, 0.29) is 5.41 Å². The van der Waals surface area contributed by atoms with Crippen molar-refractivity contribution in [3.05, 3.63) is 0 Å². The molecule has 0 radical (unpaired) electrons. The Morgan fingerprint density at radius 3 is 2.31 bits per heavy atom. The van der Waals surface area contributed by atoms with E-state index in [0.29, 0.717) is 17.4 Å². The van der Waals surface area contributed by atoms with Gasteiger partial charge in [0.05, 0.1) is 11.5 Å². The van der Waals surface area contributed by atoms with Crippen LogP contribution in [0.3, 0.4) is 0 Å². The summed E-state index contributed by atoms with van der Waals surface area (Å²) in [5.41, 5.74) is 0.0909. The summed E-state index contributed by atoms with van der Waals surface area (Å²) in [4.78, 5) is 0. The van der Waals surface area contributed by atoms with Crippen LogP contribution < -0.4 is 0 Å². The van der Waals surface area contributed by atoms with Gasteiger partial charge in [-0.3, -0.25) is 0 Å². The average molecular weight is 204 g/mol. The molecule has 1 rings (SSSR count). The zero-order valence-corrected chi connectivity index (χ0v) is 9.65. The SMILES string of the molecule is CCC(C)C1(CC)CCS(=O)(=O)C1. The number of sulfone groups is 1. The van der Waals surface area contributed by atoms with Crippen LogP contribution in [0, 0.1) is 11.3 Å². The van der Waals surface area contributed by atoms with Crippen molar-refractivity contribution < 1.29 is 8.42 Å². The molecule has 1 heterocycles. The summed E-state index contributed by atoms with van der Waals surface area (Å²) in [7, 11) is -2.72. The first kappa shape index (κ1) is 11.0. The molecular formula is C10H20O2S. The van der Waals surface area contributed by atoms with Crippen molar-refractivity contribution >= 4 is 9.84 Å². The van der Waals surface area contributed by atoms with E-state index in [1.165, 1.54) is 0 Å².